The second-order valence-corrected chi connectivity index (χ2v) is 11.1. The van der Waals surface area contributed by atoms with Crippen LogP contribution in [0.25, 0.3) is 0 Å². The van der Waals surface area contributed by atoms with Crippen LogP contribution in [0.2, 0.25) is 0 Å². The summed E-state index contributed by atoms with van der Waals surface area (Å²) >= 11 is 0. The van der Waals surface area contributed by atoms with E-state index < -0.39 is 41.3 Å². The van der Waals surface area contributed by atoms with E-state index in [2.05, 4.69) is 0 Å². The van der Waals surface area contributed by atoms with Crippen LogP contribution in [0, 0.1) is 0 Å². The minimum Gasteiger partial charge on any atom is -0.508 e. The van der Waals surface area contributed by atoms with Crippen LogP contribution in [-0.4, -0.2) is 51.6 Å². The highest BCUT2D eigenvalue weighted by Crippen LogP contribution is 2.54. The van der Waals surface area contributed by atoms with Gasteiger partial charge in [-0.2, -0.15) is 47.9 Å². The summed E-state index contributed by atoms with van der Waals surface area (Å²) in [6.45, 7) is 0. The number of halogens is 9. The molecule has 3 aromatic rings. The van der Waals surface area contributed by atoms with Crippen molar-refractivity contribution in [3.8, 4) is 17.2 Å². The Morgan fingerprint density at radius 2 is 0.974 bits per heavy atom. The van der Waals surface area contributed by atoms with Crippen LogP contribution in [-0.2, 0) is 10.1 Å². The standard InChI is InChI=1S/C18H15O3P.C4HF9O3S/c19-13-11-16(20)18(17(21)12-13)22(14-7-3-1-4-8-14)15-9-5-2-6-10-15;5-1(6,3(9,10)11)2(7,8)4(12,13)17(14,15)16/h1-12,19-21H;(H,14,15,16). The average molecular weight is 610 g/mol. The molecule has 0 aromatic heterocycles. The highest BCUT2D eigenvalue weighted by molar-refractivity contribution is 7.87. The molecule has 3 rings (SSSR count). The van der Waals surface area contributed by atoms with Crippen molar-refractivity contribution < 1.29 is 67.8 Å². The topological polar surface area (TPSA) is 115 Å². The Bertz CT molecular complexity index is 1320. The summed E-state index contributed by atoms with van der Waals surface area (Å²) in [5, 5.41) is 25.5. The van der Waals surface area contributed by atoms with Crippen molar-refractivity contribution in [2.75, 3.05) is 0 Å². The van der Waals surface area contributed by atoms with Gasteiger partial charge in [-0.3, -0.25) is 4.55 Å². The molecule has 0 unspecified atom stereocenters. The fourth-order valence-corrected chi connectivity index (χ4v) is 5.70. The van der Waals surface area contributed by atoms with Gasteiger partial charge >= 0.3 is 33.4 Å². The van der Waals surface area contributed by atoms with E-state index in [1.54, 1.807) is 0 Å². The van der Waals surface area contributed by atoms with Crippen LogP contribution in [0.3, 0.4) is 0 Å². The summed E-state index contributed by atoms with van der Waals surface area (Å²) in [6.07, 6.45) is -7.13. The highest BCUT2D eigenvalue weighted by Gasteiger charge is 2.85. The first-order valence-electron chi connectivity index (χ1n) is 9.99. The van der Waals surface area contributed by atoms with E-state index in [1.807, 2.05) is 60.7 Å². The summed E-state index contributed by atoms with van der Waals surface area (Å²) in [5.74, 6) is -15.1. The molecule has 4 N–H and O–H groups in total. The van der Waals surface area contributed by atoms with E-state index in [1.165, 1.54) is 12.1 Å². The summed E-state index contributed by atoms with van der Waals surface area (Å²) in [6, 6.07) is 22.0. The van der Waals surface area contributed by atoms with Crippen molar-refractivity contribution in [2.45, 2.75) is 23.3 Å². The normalized spacial score (nSPS) is 13.1. The third-order valence-electron chi connectivity index (χ3n) is 4.75. The first-order valence-corrected chi connectivity index (χ1v) is 12.8. The van der Waals surface area contributed by atoms with Gasteiger partial charge in [0.15, 0.2) is 0 Å². The molecular formula is C22H16F9O6PS. The van der Waals surface area contributed by atoms with Crippen molar-refractivity contribution in [1.82, 2.24) is 0 Å². The molecule has 3 aromatic carbocycles. The van der Waals surface area contributed by atoms with Crippen LogP contribution in [0.5, 0.6) is 17.2 Å². The summed E-state index contributed by atoms with van der Waals surface area (Å²) in [7, 11) is -8.28. The molecular weight excluding hydrogens is 594 g/mol. The van der Waals surface area contributed by atoms with Crippen LogP contribution >= 0.6 is 7.92 Å². The molecule has 0 fully saturated rings. The number of benzene rings is 3. The first-order chi connectivity index (χ1) is 17.7. The molecule has 0 saturated carbocycles. The van der Waals surface area contributed by atoms with E-state index in [0.717, 1.165) is 10.6 Å². The Morgan fingerprint density at radius 1 is 0.615 bits per heavy atom. The van der Waals surface area contributed by atoms with E-state index in [9.17, 15) is 63.3 Å². The van der Waals surface area contributed by atoms with Gasteiger partial charge in [-0.1, -0.05) is 60.7 Å². The van der Waals surface area contributed by atoms with Gasteiger partial charge in [0.1, 0.15) is 17.2 Å². The van der Waals surface area contributed by atoms with Crippen LogP contribution in [0.4, 0.5) is 39.5 Å². The van der Waals surface area contributed by atoms with Gasteiger partial charge in [0.2, 0.25) is 0 Å². The fourth-order valence-electron chi connectivity index (χ4n) is 2.90. The minimum atomic E-state index is -7.37. The number of aromatic hydroxyl groups is 3. The molecule has 39 heavy (non-hydrogen) atoms. The van der Waals surface area contributed by atoms with Gasteiger partial charge < -0.3 is 15.3 Å². The number of hydrogen-bond donors (Lipinski definition) is 4. The predicted molar refractivity (Wildman–Crippen MR) is 123 cm³/mol. The predicted octanol–water partition coefficient (Wildman–Crippen LogP) is 4.86. The van der Waals surface area contributed by atoms with Gasteiger partial charge in [-0.15, -0.1) is 0 Å². The van der Waals surface area contributed by atoms with Gasteiger partial charge in [-0.25, -0.2) is 0 Å². The summed E-state index contributed by atoms with van der Waals surface area (Å²) in [5.41, 5.74) is 0. The lowest BCUT2D eigenvalue weighted by Crippen LogP contribution is -2.63. The zero-order chi connectivity index (χ0) is 30.0. The van der Waals surface area contributed by atoms with Gasteiger partial charge in [-0.05, 0) is 18.5 Å². The lowest BCUT2D eigenvalue weighted by atomic mass is 10.1. The average Bonchev–Trinajstić information content (AvgIpc) is 2.81. The molecule has 0 bridgehead atoms. The van der Waals surface area contributed by atoms with Crippen molar-refractivity contribution in [3.63, 3.8) is 0 Å². The second kappa shape index (κ2) is 11.1. The molecule has 0 spiro atoms. The maximum atomic E-state index is 12.2. The van der Waals surface area contributed by atoms with Gasteiger partial charge in [0.25, 0.3) is 0 Å². The highest BCUT2D eigenvalue weighted by atomic mass is 32.2. The van der Waals surface area contributed by atoms with E-state index in [-0.39, 0.29) is 17.2 Å². The molecule has 0 aliphatic carbocycles. The molecule has 0 heterocycles. The Balaban J connectivity index is 0.000000285. The molecule has 0 saturated heterocycles. The summed E-state index contributed by atoms with van der Waals surface area (Å²) in [4.78, 5) is 0. The second-order valence-electron chi connectivity index (χ2n) is 7.48. The molecule has 0 aliphatic heterocycles. The SMILES string of the molecule is O=S(=O)(O)C(F)(F)C(F)(F)C(F)(F)C(F)(F)F.Oc1cc(O)c(P(c2ccccc2)c2ccccc2)c(O)c1. The number of hydrogen-bond acceptors (Lipinski definition) is 5. The number of phenolic OH excluding ortho intramolecular Hbond substituents is 3. The maximum absolute atomic E-state index is 12.2. The lowest BCUT2D eigenvalue weighted by Gasteiger charge is -2.31. The molecule has 17 heteroatoms. The molecule has 214 valence electrons. The largest absolute Gasteiger partial charge is 0.508 e. The molecule has 0 aliphatic rings. The van der Waals surface area contributed by atoms with Crippen LogP contribution in [0.15, 0.2) is 72.8 Å². The third-order valence-corrected chi connectivity index (χ3v) is 8.19. The van der Waals surface area contributed by atoms with Crippen molar-refractivity contribution >= 4 is 34.0 Å². The lowest BCUT2D eigenvalue weighted by molar-refractivity contribution is -0.382. The van der Waals surface area contributed by atoms with E-state index >= 15 is 0 Å². The maximum Gasteiger partial charge on any atom is 0.460 e. The molecule has 0 amide bonds. The van der Waals surface area contributed by atoms with Gasteiger partial charge in [0, 0.05) is 12.1 Å². The minimum absolute atomic E-state index is 0.101. The quantitative estimate of drug-likeness (QED) is 0.180. The van der Waals surface area contributed by atoms with Crippen molar-refractivity contribution in [1.29, 1.82) is 0 Å². The molecule has 6 nitrogen and oxygen atoms in total. The summed E-state index contributed by atoms with van der Waals surface area (Å²) < 4.78 is 134. The van der Waals surface area contributed by atoms with Crippen molar-refractivity contribution in [2.24, 2.45) is 0 Å². The zero-order valence-corrected chi connectivity index (χ0v) is 20.5. The molecule has 0 atom stereocenters. The van der Waals surface area contributed by atoms with Crippen molar-refractivity contribution in [3.05, 3.63) is 72.8 Å². The Hall–Kier alpha value is -3.23. The fraction of sp³-hybridized carbons (Fsp3) is 0.182. The van der Waals surface area contributed by atoms with E-state index in [4.69, 9.17) is 4.55 Å². The number of alkyl halides is 9. The first kappa shape index (κ1) is 32.0. The van der Waals surface area contributed by atoms with Crippen LogP contribution in [0.1, 0.15) is 0 Å². The Morgan fingerprint density at radius 3 is 1.28 bits per heavy atom. The van der Waals surface area contributed by atoms with Gasteiger partial charge in [0.05, 0.1) is 5.30 Å². The Kier molecular flexibility index (Phi) is 9.10. The van der Waals surface area contributed by atoms with Crippen LogP contribution < -0.4 is 15.9 Å². The third kappa shape index (κ3) is 6.34. The monoisotopic (exact) mass is 610 g/mol. The molecule has 0 radical (unpaired) electrons. The zero-order valence-electron chi connectivity index (χ0n) is 18.8. The number of phenols is 3. The van der Waals surface area contributed by atoms with E-state index in [0.29, 0.717) is 5.30 Å². The smallest absolute Gasteiger partial charge is 0.460 e. The number of rotatable bonds is 6. The Labute approximate surface area is 215 Å².